The molecule has 4 aromatic rings. The SMILES string of the molecule is CCC.Cc1ccccc1C(=O)c1cc2[nH]c3ccccc3c(=O)c2cc1C. The molecule has 142 valence electrons. The normalized spacial score (nSPS) is 10.6. The number of carbonyl (C=O) groups is 1. The van der Waals surface area contributed by atoms with E-state index in [1.165, 1.54) is 6.42 Å². The molecule has 3 heteroatoms. The molecule has 1 heterocycles. The van der Waals surface area contributed by atoms with Gasteiger partial charge >= 0.3 is 0 Å². The zero-order valence-electron chi connectivity index (χ0n) is 16.8. The summed E-state index contributed by atoms with van der Waals surface area (Å²) >= 11 is 0. The first-order chi connectivity index (χ1) is 13.5. The molecule has 0 saturated carbocycles. The van der Waals surface area contributed by atoms with Crippen LogP contribution >= 0.6 is 0 Å². The molecular weight excluding hydrogens is 346 g/mol. The molecule has 0 fully saturated rings. The fourth-order valence-corrected chi connectivity index (χ4v) is 3.30. The number of aryl methyl sites for hydroxylation is 2. The maximum atomic E-state index is 13.0. The highest BCUT2D eigenvalue weighted by molar-refractivity contribution is 6.12. The van der Waals surface area contributed by atoms with Crippen molar-refractivity contribution >= 4 is 27.6 Å². The Hall–Kier alpha value is -3.20. The van der Waals surface area contributed by atoms with Crippen LogP contribution in [-0.4, -0.2) is 10.8 Å². The van der Waals surface area contributed by atoms with E-state index in [0.29, 0.717) is 27.4 Å². The number of hydrogen-bond donors (Lipinski definition) is 1. The predicted molar refractivity (Wildman–Crippen MR) is 117 cm³/mol. The molecule has 0 aliphatic carbocycles. The van der Waals surface area contributed by atoms with Crippen LogP contribution in [0.3, 0.4) is 0 Å². The van der Waals surface area contributed by atoms with E-state index in [1.807, 2.05) is 68.4 Å². The van der Waals surface area contributed by atoms with Gasteiger partial charge in [0.2, 0.25) is 0 Å². The lowest BCUT2D eigenvalue weighted by Crippen LogP contribution is -2.09. The van der Waals surface area contributed by atoms with Crippen molar-refractivity contribution in [2.45, 2.75) is 34.1 Å². The molecule has 0 unspecified atom stereocenters. The molecule has 3 nitrogen and oxygen atoms in total. The molecule has 0 radical (unpaired) electrons. The summed E-state index contributed by atoms with van der Waals surface area (Å²) in [5.74, 6) is -0.0218. The number of H-pyrrole nitrogens is 1. The smallest absolute Gasteiger partial charge is 0.197 e. The Morgan fingerprint density at radius 2 is 1.43 bits per heavy atom. The van der Waals surface area contributed by atoms with E-state index >= 15 is 0 Å². The molecule has 3 aromatic carbocycles. The summed E-state index contributed by atoms with van der Waals surface area (Å²) in [5.41, 5.74) is 4.51. The van der Waals surface area contributed by atoms with E-state index in [0.717, 1.165) is 16.6 Å². The number of benzene rings is 3. The zero-order chi connectivity index (χ0) is 20.3. The lowest BCUT2D eigenvalue weighted by atomic mass is 9.94. The quantitative estimate of drug-likeness (QED) is 0.350. The fourth-order valence-electron chi connectivity index (χ4n) is 3.30. The maximum absolute atomic E-state index is 13.0. The van der Waals surface area contributed by atoms with Gasteiger partial charge < -0.3 is 4.98 Å². The largest absolute Gasteiger partial charge is 0.354 e. The van der Waals surface area contributed by atoms with E-state index in [-0.39, 0.29) is 11.2 Å². The molecule has 4 rings (SSSR count). The van der Waals surface area contributed by atoms with Crippen LogP contribution in [-0.2, 0) is 0 Å². The van der Waals surface area contributed by atoms with Crippen LogP contribution in [0.5, 0.6) is 0 Å². The van der Waals surface area contributed by atoms with E-state index in [2.05, 4.69) is 18.8 Å². The third-order valence-corrected chi connectivity index (χ3v) is 4.68. The van der Waals surface area contributed by atoms with Crippen LogP contribution in [0.4, 0.5) is 0 Å². The molecule has 0 aliphatic rings. The van der Waals surface area contributed by atoms with Crippen LogP contribution in [0.1, 0.15) is 47.3 Å². The van der Waals surface area contributed by atoms with Crippen LogP contribution in [0.15, 0.2) is 65.5 Å². The second kappa shape index (κ2) is 8.22. The zero-order valence-corrected chi connectivity index (χ0v) is 16.8. The van der Waals surface area contributed by atoms with Gasteiger partial charge in [-0.2, -0.15) is 0 Å². The monoisotopic (exact) mass is 371 g/mol. The first-order valence-corrected chi connectivity index (χ1v) is 9.63. The maximum Gasteiger partial charge on any atom is 0.197 e. The topological polar surface area (TPSA) is 49.9 Å². The van der Waals surface area contributed by atoms with Crippen molar-refractivity contribution in [3.8, 4) is 0 Å². The van der Waals surface area contributed by atoms with Gasteiger partial charge in [-0.05, 0) is 49.2 Å². The molecule has 0 atom stereocenters. The average Bonchev–Trinajstić information content (AvgIpc) is 2.69. The summed E-state index contributed by atoms with van der Waals surface area (Å²) in [6.07, 6.45) is 1.25. The van der Waals surface area contributed by atoms with Gasteiger partial charge in [0.1, 0.15) is 0 Å². The predicted octanol–water partition coefficient (Wildman–Crippen LogP) is 5.95. The number of para-hydroxylation sites is 1. The minimum Gasteiger partial charge on any atom is -0.354 e. The van der Waals surface area contributed by atoms with Crippen molar-refractivity contribution in [1.29, 1.82) is 0 Å². The molecule has 1 N–H and O–H groups in total. The number of carbonyl (C=O) groups excluding carboxylic acids is 1. The Bertz CT molecular complexity index is 1220. The van der Waals surface area contributed by atoms with Gasteiger partial charge in [-0.3, -0.25) is 9.59 Å². The standard InChI is InChI=1S/C22H17NO2.C3H8/c1-13-7-3-4-8-15(13)21(24)17-12-20-18(11-14(17)2)22(25)16-9-5-6-10-19(16)23-20;1-3-2/h3-12H,1-2H3,(H,23,25);3H2,1-2H3. The average molecular weight is 371 g/mol. The molecule has 0 saturated heterocycles. The summed E-state index contributed by atoms with van der Waals surface area (Å²) < 4.78 is 0. The van der Waals surface area contributed by atoms with Crippen LogP contribution in [0, 0.1) is 13.8 Å². The molecule has 0 spiro atoms. The van der Waals surface area contributed by atoms with Crippen molar-refractivity contribution in [2.75, 3.05) is 0 Å². The van der Waals surface area contributed by atoms with Crippen LogP contribution < -0.4 is 5.43 Å². The number of ketones is 1. The molecular formula is C25H25NO2. The summed E-state index contributed by atoms with van der Waals surface area (Å²) in [4.78, 5) is 29.0. The summed E-state index contributed by atoms with van der Waals surface area (Å²) in [5, 5.41) is 1.27. The molecule has 1 aromatic heterocycles. The summed E-state index contributed by atoms with van der Waals surface area (Å²) in [6, 6.07) is 18.6. The van der Waals surface area contributed by atoms with Gasteiger partial charge in [0.25, 0.3) is 0 Å². The number of aromatic nitrogens is 1. The number of rotatable bonds is 2. The fraction of sp³-hybridized carbons (Fsp3) is 0.200. The minimum absolute atomic E-state index is 0.0117. The Kier molecular flexibility index (Phi) is 5.74. The van der Waals surface area contributed by atoms with E-state index < -0.39 is 0 Å². The Labute approximate surface area is 165 Å². The summed E-state index contributed by atoms with van der Waals surface area (Å²) in [7, 11) is 0. The number of fused-ring (bicyclic) bond motifs is 2. The van der Waals surface area contributed by atoms with Crippen LogP contribution in [0.2, 0.25) is 0 Å². The third-order valence-electron chi connectivity index (χ3n) is 4.68. The highest BCUT2D eigenvalue weighted by atomic mass is 16.1. The second-order valence-corrected chi connectivity index (χ2v) is 7.06. The van der Waals surface area contributed by atoms with Gasteiger partial charge in [0, 0.05) is 27.4 Å². The summed E-state index contributed by atoms with van der Waals surface area (Å²) in [6.45, 7) is 8.05. The van der Waals surface area contributed by atoms with Crippen molar-refractivity contribution in [1.82, 2.24) is 4.98 Å². The highest BCUT2D eigenvalue weighted by Gasteiger charge is 2.16. The molecule has 0 aliphatic heterocycles. The number of hydrogen-bond acceptors (Lipinski definition) is 2. The van der Waals surface area contributed by atoms with Gasteiger partial charge in [-0.15, -0.1) is 0 Å². The van der Waals surface area contributed by atoms with E-state index in [9.17, 15) is 9.59 Å². The second-order valence-electron chi connectivity index (χ2n) is 7.06. The Morgan fingerprint density at radius 3 is 2.14 bits per heavy atom. The van der Waals surface area contributed by atoms with Gasteiger partial charge in [-0.25, -0.2) is 0 Å². The van der Waals surface area contributed by atoms with Gasteiger partial charge in [-0.1, -0.05) is 56.7 Å². The first kappa shape index (κ1) is 19.6. The lowest BCUT2D eigenvalue weighted by Gasteiger charge is -2.10. The van der Waals surface area contributed by atoms with Crippen LogP contribution in [0.25, 0.3) is 21.8 Å². The lowest BCUT2D eigenvalue weighted by molar-refractivity contribution is 0.103. The minimum atomic E-state index is -0.0218. The van der Waals surface area contributed by atoms with E-state index in [4.69, 9.17) is 0 Å². The number of nitrogens with one attached hydrogen (secondary N) is 1. The van der Waals surface area contributed by atoms with Crippen molar-refractivity contribution in [3.63, 3.8) is 0 Å². The highest BCUT2D eigenvalue weighted by Crippen LogP contribution is 2.22. The Morgan fingerprint density at radius 1 is 0.786 bits per heavy atom. The first-order valence-electron chi connectivity index (χ1n) is 9.63. The number of pyridine rings is 1. The van der Waals surface area contributed by atoms with Crippen molar-refractivity contribution in [2.24, 2.45) is 0 Å². The van der Waals surface area contributed by atoms with Crippen molar-refractivity contribution < 1.29 is 4.79 Å². The number of aromatic amines is 1. The third kappa shape index (κ3) is 3.61. The molecule has 0 amide bonds. The van der Waals surface area contributed by atoms with Gasteiger partial charge in [0.15, 0.2) is 11.2 Å². The Balaban J connectivity index is 0.000000706. The molecule has 28 heavy (non-hydrogen) atoms. The van der Waals surface area contributed by atoms with Gasteiger partial charge in [0.05, 0.1) is 5.52 Å². The van der Waals surface area contributed by atoms with E-state index in [1.54, 1.807) is 6.07 Å². The van der Waals surface area contributed by atoms with Crippen molar-refractivity contribution in [3.05, 3.63) is 93.1 Å². The molecule has 0 bridgehead atoms.